The second kappa shape index (κ2) is 9.56. The molecule has 1 aromatic heterocycles. The van der Waals surface area contributed by atoms with Crippen LogP contribution in [0.25, 0.3) is 0 Å². The molecule has 0 unspecified atom stereocenters. The van der Waals surface area contributed by atoms with Crippen LogP contribution >= 0.6 is 0 Å². The predicted octanol–water partition coefficient (Wildman–Crippen LogP) is 9.20. The van der Waals surface area contributed by atoms with Crippen LogP contribution in [-0.2, 0) is 21.7 Å². The molecule has 0 saturated heterocycles. The number of hydrogen-bond donors (Lipinski definition) is 0. The van der Waals surface area contributed by atoms with Crippen molar-refractivity contribution in [3.8, 4) is 23.1 Å². The Hall–Kier alpha value is -4.51. The number of anilines is 3. The first-order valence-corrected chi connectivity index (χ1v) is 17.4. The number of pyridine rings is 1. The van der Waals surface area contributed by atoms with Crippen LogP contribution in [0.15, 0.2) is 91.0 Å². The lowest BCUT2D eigenvalue weighted by Crippen LogP contribution is -2.58. The number of fused-ring (bicyclic) bond motifs is 6. The average molecular weight is 631 g/mol. The zero-order valence-electron chi connectivity index (χ0n) is 29.4. The lowest BCUT2D eigenvalue weighted by molar-refractivity contribution is 0.402. The molecule has 3 heterocycles. The molecule has 0 atom stereocenters. The highest BCUT2D eigenvalue weighted by Gasteiger charge is 2.49. The first kappa shape index (κ1) is 29.6. The molecule has 0 radical (unpaired) electrons. The van der Waals surface area contributed by atoms with Crippen LogP contribution in [0.3, 0.4) is 0 Å². The molecule has 9 rings (SSSR count). The van der Waals surface area contributed by atoms with Gasteiger partial charge < -0.3 is 9.47 Å². The quantitative estimate of drug-likeness (QED) is 0.182. The minimum absolute atomic E-state index is 0.0411. The molecule has 0 amide bonds. The van der Waals surface area contributed by atoms with Crippen molar-refractivity contribution in [2.24, 2.45) is 0 Å². The Labute approximate surface area is 285 Å². The second-order valence-corrected chi connectivity index (χ2v) is 17.1. The predicted molar refractivity (Wildman–Crippen MR) is 198 cm³/mol. The smallest absolute Gasteiger partial charge is 0.262 e. The van der Waals surface area contributed by atoms with Crippen molar-refractivity contribution in [1.29, 1.82) is 0 Å². The Bertz CT molecular complexity index is 2000. The van der Waals surface area contributed by atoms with Gasteiger partial charge in [-0.05, 0) is 104 Å². The third-order valence-corrected chi connectivity index (χ3v) is 11.6. The van der Waals surface area contributed by atoms with Gasteiger partial charge in [-0.25, -0.2) is 0 Å². The van der Waals surface area contributed by atoms with E-state index in [1.165, 1.54) is 33.2 Å². The molecule has 0 bridgehead atoms. The summed E-state index contributed by atoms with van der Waals surface area (Å²) in [7, 11) is 0. The van der Waals surface area contributed by atoms with Gasteiger partial charge in [-0.2, -0.15) is 4.98 Å². The summed E-state index contributed by atoms with van der Waals surface area (Å²) in [6.07, 6.45) is 2.20. The Morgan fingerprint density at radius 3 is 1.46 bits per heavy atom. The van der Waals surface area contributed by atoms with Gasteiger partial charge in [-0.15, -0.1) is 0 Å². The first-order valence-electron chi connectivity index (χ1n) is 17.4. The molecular weight excluding hydrogens is 587 g/mol. The Morgan fingerprint density at radius 1 is 0.542 bits per heavy atom. The number of para-hydroxylation sites is 2. The van der Waals surface area contributed by atoms with Gasteiger partial charge in [0.25, 0.3) is 6.71 Å². The molecule has 240 valence electrons. The molecule has 0 spiro atoms. The maximum absolute atomic E-state index is 7.01. The standard InChI is InChI=1S/C43H43BN2O2/c1-40(2)24-42(5,6)30-21-34-32(19-28(30)40)44-33-20-29-31(43(7,8)25-41(29,3)4)22-35(33)48-39-38(44)36(47-34)23-37(45-39)46(26-15-11-9-12-16-26)27-17-13-10-14-18-27/h9-23H,24-25H2,1-8H3. The Balaban J connectivity index is 1.31. The zero-order chi connectivity index (χ0) is 33.4. The van der Waals surface area contributed by atoms with Gasteiger partial charge in [0, 0.05) is 22.9 Å². The van der Waals surface area contributed by atoms with E-state index in [4.69, 9.17) is 14.5 Å². The Morgan fingerprint density at radius 2 is 0.979 bits per heavy atom. The lowest BCUT2D eigenvalue weighted by Gasteiger charge is -2.35. The fourth-order valence-electron chi connectivity index (χ4n) is 9.96. The summed E-state index contributed by atoms with van der Waals surface area (Å²) in [6, 6.07) is 32.6. The van der Waals surface area contributed by atoms with Gasteiger partial charge >= 0.3 is 0 Å². The van der Waals surface area contributed by atoms with Crippen LogP contribution in [0.1, 0.15) is 90.5 Å². The van der Waals surface area contributed by atoms with E-state index in [1.807, 2.05) is 12.1 Å². The molecule has 5 heteroatoms. The van der Waals surface area contributed by atoms with Crippen molar-refractivity contribution in [2.45, 2.75) is 89.9 Å². The van der Waals surface area contributed by atoms with Gasteiger partial charge in [0.15, 0.2) is 0 Å². The molecule has 4 nitrogen and oxygen atoms in total. The zero-order valence-corrected chi connectivity index (χ0v) is 29.4. The summed E-state index contributed by atoms with van der Waals surface area (Å²) in [5.74, 6) is 4.05. The van der Waals surface area contributed by atoms with E-state index in [1.54, 1.807) is 0 Å². The summed E-state index contributed by atoms with van der Waals surface area (Å²) in [5.41, 5.74) is 11.4. The number of rotatable bonds is 3. The minimum atomic E-state index is -0.0411. The van der Waals surface area contributed by atoms with Crippen molar-refractivity contribution in [3.05, 3.63) is 113 Å². The molecule has 4 aliphatic rings. The second-order valence-electron chi connectivity index (χ2n) is 17.1. The van der Waals surface area contributed by atoms with E-state index in [0.717, 1.165) is 52.7 Å². The number of hydrogen-bond acceptors (Lipinski definition) is 4. The largest absolute Gasteiger partial charge is 0.458 e. The fraction of sp³-hybridized carbons (Fsp3) is 0.326. The molecule has 2 aliphatic heterocycles. The summed E-state index contributed by atoms with van der Waals surface area (Å²) >= 11 is 0. The molecular formula is C43H43BN2O2. The summed E-state index contributed by atoms with van der Waals surface area (Å²) in [6.45, 7) is 19.0. The van der Waals surface area contributed by atoms with Gasteiger partial charge in [0.05, 0.1) is 0 Å². The molecule has 0 fully saturated rings. The van der Waals surface area contributed by atoms with Crippen LogP contribution in [0.4, 0.5) is 17.2 Å². The van der Waals surface area contributed by atoms with Crippen LogP contribution in [0.2, 0.25) is 0 Å². The van der Waals surface area contributed by atoms with E-state index >= 15 is 0 Å². The van der Waals surface area contributed by atoms with Crippen molar-refractivity contribution < 1.29 is 9.47 Å². The SMILES string of the molecule is CC1(C)CC(C)(C)c2cc3c(cc21)Oc1cc(N(c2ccccc2)c2ccccc2)nc2c1B3c1cc3c(cc1O2)C(C)(C)CC3(C)C. The first-order chi connectivity index (χ1) is 22.7. The highest BCUT2D eigenvalue weighted by molar-refractivity contribution is 6.98. The van der Waals surface area contributed by atoms with E-state index < -0.39 is 0 Å². The van der Waals surface area contributed by atoms with E-state index in [9.17, 15) is 0 Å². The summed E-state index contributed by atoms with van der Waals surface area (Å²) in [5, 5.41) is 0. The number of aromatic nitrogens is 1. The monoisotopic (exact) mass is 630 g/mol. The summed E-state index contributed by atoms with van der Waals surface area (Å²) < 4.78 is 13.9. The van der Waals surface area contributed by atoms with Crippen molar-refractivity contribution in [3.63, 3.8) is 0 Å². The summed E-state index contributed by atoms with van der Waals surface area (Å²) in [4.78, 5) is 7.52. The molecule has 0 N–H and O–H groups in total. The van der Waals surface area contributed by atoms with E-state index in [2.05, 4.69) is 139 Å². The van der Waals surface area contributed by atoms with Crippen molar-refractivity contribution in [1.82, 2.24) is 4.98 Å². The van der Waals surface area contributed by atoms with Crippen LogP contribution in [0.5, 0.6) is 23.1 Å². The van der Waals surface area contributed by atoms with Crippen molar-refractivity contribution >= 4 is 40.3 Å². The third kappa shape index (κ3) is 4.19. The van der Waals surface area contributed by atoms with E-state index in [0.29, 0.717) is 5.88 Å². The van der Waals surface area contributed by atoms with Crippen LogP contribution in [0, 0.1) is 0 Å². The van der Waals surface area contributed by atoms with Gasteiger partial charge in [-0.1, -0.05) is 104 Å². The molecule has 4 aromatic carbocycles. The Kier molecular flexibility index (Phi) is 5.90. The molecule has 0 saturated carbocycles. The lowest BCUT2D eigenvalue weighted by atomic mass is 9.34. The van der Waals surface area contributed by atoms with Crippen LogP contribution in [-0.4, -0.2) is 11.7 Å². The maximum atomic E-state index is 7.01. The van der Waals surface area contributed by atoms with Gasteiger partial charge in [-0.3, -0.25) is 4.90 Å². The third-order valence-electron chi connectivity index (χ3n) is 11.6. The van der Waals surface area contributed by atoms with Gasteiger partial charge in [0.1, 0.15) is 23.1 Å². The topological polar surface area (TPSA) is 34.6 Å². The molecule has 2 aliphatic carbocycles. The number of ether oxygens (including phenoxy) is 2. The number of benzene rings is 4. The average Bonchev–Trinajstić information content (AvgIpc) is 3.33. The van der Waals surface area contributed by atoms with Gasteiger partial charge in [0.2, 0.25) is 5.88 Å². The highest BCUT2D eigenvalue weighted by Crippen LogP contribution is 2.53. The normalized spacial score (nSPS) is 19.2. The highest BCUT2D eigenvalue weighted by atomic mass is 16.5. The van der Waals surface area contributed by atoms with E-state index in [-0.39, 0.29) is 28.4 Å². The molecule has 5 aromatic rings. The minimum Gasteiger partial charge on any atom is -0.458 e. The van der Waals surface area contributed by atoms with Crippen LogP contribution < -0.4 is 30.8 Å². The maximum Gasteiger partial charge on any atom is 0.262 e. The fourth-order valence-corrected chi connectivity index (χ4v) is 9.96. The molecule has 48 heavy (non-hydrogen) atoms. The number of nitrogens with zero attached hydrogens (tertiary/aromatic N) is 2. The van der Waals surface area contributed by atoms with Crippen molar-refractivity contribution in [2.75, 3.05) is 4.90 Å².